The maximum absolute atomic E-state index is 2.52. The molecule has 0 saturated carbocycles. The minimum Gasteiger partial charge on any atom is -0.301 e. The molecule has 11 heavy (non-hydrogen) atoms. The predicted molar refractivity (Wildman–Crippen MR) is 51.9 cm³/mol. The Labute approximate surface area is 71.8 Å². The van der Waals surface area contributed by atoms with Crippen molar-refractivity contribution in [3.8, 4) is 0 Å². The molecular weight excluding hydrogens is 134 g/mol. The molecule has 0 spiro atoms. The molecule has 0 fully saturated rings. The van der Waals surface area contributed by atoms with E-state index in [-0.39, 0.29) is 0 Å². The molecule has 0 bridgehead atoms. The number of hydrogen-bond donors (Lipinski definition) is 0. The minimum atomic E-state index is 0.782. The summed E-state index contributed by atoms with van der Waals surface area (Å²) >= 11 is 0. The van der Waals surface area contributed by atoms with E-state index in [1.807, 2.05) is 0 Å². The van der Waals surface area contributed by atoms with Gasteiger partial charge < -0.3 is 4.90 Å². The third-order valence-electron chi connectivity index (χ3n) is 2.41. The molecule has 0 radical (unpaired) electrons. The normalized spacial score (nSPS) is 13.9. The zero-order valence-electron chi connectivity index (χ0n) is 8.56. The van der Waals surface area contributed by atoms with Gasteiger partial charge in [0.25, 0.3) is 0 Å². The summed E-state index contributed by atoms with van der Waals surface area (Å²) in [5.74, 6) is 0. The first-order valence-corrected chi connectivity index (χ1v) is 5.00. The van der Waals surface area contributed by atoms with Crippen LogP contribution in [0.25, 0.3) is 0 Å². The first-order valence-electron chi connectivity index (χ1n) is 5.00. The van der Waals surface area contributed by atoms with Gasteiger partial charge in [0.1, 0.15) is 0 Å². The second-order valence-corrected chi connectivity index (χ2v) is 3.21. The molecule has 1 heteroatoms. The molecule has 0 N–H and O–H groups in total. The quantitative estimate of drug-likeness (QED) is 0.573. The summed E-state index contributed by atoms with van der Waals surface area (Å²) in [6.07, 6.45) is 4.06. The van der Waals surface area contributed by atoms with Gasteiger partial charge in [-0.2, -0.15) is 0 Å². The fourth-order valence-electron chi connectivity index (χ4n) is 1.53. The molecule has 1 atom stereocenters. The highest BCUT2D eigenvalue weighted by atomic mass is 15.1. The largest absolute Gasteiger partial charge is 0.301 e. The van der Waals surface area contributed by atoms with Crippen molar-refractivity contribution >= 4 is 0 Å². The molecule has 0 aromatic heterocycles. The molecule has 68 valence electrons. The number of rotatable bonds is 6. The Balaban J connectivity index is 3.51. The topological polar surface area (TPSA) is 3.24 Å². The van der Waals surface area contributed by atoms with Gasteiger partial charge in [0.15, 0.2) is 0 Å². The van der Waals surface area contributed by atoms with Crippen LogP contribution >= 0.6 is 0 Å². The Morgan fingerprint density at radius 1 is 1.09 bits per heavy atom. The van der Waals surface area contributed by atoms with Gasteiger partial charge in [0, 0.05) is 6.04 Å². The van der Waals surface area contributed by atoms with E-state index in [1.54, 1.807) is 0 Å². The van der Waals surface area contributed by atoms with E-state index in [9.17, 15) is 0 Å². The van der Waals surface area contributed by atoms with Crippen molar-refractivity contribution in [2.75, 3.05) is 13.1 Å². The van der Waals surface area contributed by atoms with Crippen molar-refractivity contribution < 1.29 is 0 Å². The average Bonchev–Trinajstić information content (AvgIpc) is 2.03. The smallest absolute Gasteiger partial charge is 0.00666 e. The lowest BCUT2D eigenvalue weighted by atomic mass is 10.1. The van der Waals surface area contributed by atoms with E-state index < -0.39 is 0 Å². The fraction of sp³-hybridized carbons (Fsp3) is 1.00. The van der Waals surface area contributed by atoms with Crippen molar-refractivity contribution in [1.29, 1.82) is 0 Å². The van der Waals surface area contributed by atoms with Crippen molar-refractivity contribution in [1.82, 2.24) is 4.90 Å². The average molecular weight is 157 g/mol. The van der Waals surface area contributed by atoms with Gasteiger partial charge in [-0.25, -0.2) is 0 Å². The zero-order chi connectivity index (χ0) is 8.69. The lowest BCUT2D eigenvalue weighted by molar-refractivity contribution is 0.218. The molecule has 0 aliphatic heterocycles. The van der Waals surface area contributed by atoms with Crippen LogP contribution in [0.2, 0.25) is 0 Å². The van der Waals surface area contributed by atoms with Crippen LogP contribution in [0.15, 0.2) is 0 Å². The Kier molecular flexibility index (Phi) is 6.63. The fourth-order valence-corrected chi connectivity index (χ4v) is 1.53. The van der Waals surface area contributed by atoms with Crippen LogP contribution in [0.1, 0.15) is 47.0 Å². The number of nitrogens with zero attached hydrogens (tertiary/aromatic N) is 1. The molecule has 0 aromatic carbocycles. The van der Waals surface area contributed by atoms with Gasteiger partial charge in [0.2, 0.25) is 0 Å². The minimum absolute atomic E-state index is 0.782. The Morgan fingerprint density at radius 2 is 1.64 bits per heavy atom. The molecule has 1 unspecified atom stereocenters. The van der Waals surface area contributed by atoms with Crippen LogP contribution in [-0.4, -0.2) is 24.0 Å². The third-order valence-corrected chi connectivity index (χ3v) is 2.41. The van der Waals surface area contributed by atoms with Crippen LogP contribution in [0, 0.1) is 0 Å². The molecule has 0 saturated heterocycles. The van der Waals surface area contributed by atoms with Crippen molar-refractivity contribution in [2.24, 2.45) is 0 Å². The van der Waals surface area contributed by atoms with Crippen molar-refractivity contribution in [3.05, 3.63) is 0 Å². The van der Waals surface area contributed by atoms with Gasteiger partial charge in [-0.05, 0) is 26.4 Å². The van der Waals surface area contributed by atoms with E-state index in [0.29, 0.717) is 0 Å². The van der Waals surface area contributed by atoms with Crippen LogP contribution in [-0.2, 0) is 0 Å². The van der Waals surface area contributed by atoms with Crippen molar-refractivity contribution in [3.63, 3.8) is 0 Å². The molecule has 0 aromatic rings. The summed E-state index contributed by atoms with van der Waals surface area (Å²) in [6, 6.07) is 0.782. The third kappa shape index (κ3) is 4.41. The lowest BCUT2D eigenvalue weighted by Crippen LogP contribution is -2.32. The van der Waals surface area contributed by atoms with Gasteiger partial charge in [-0.1, -0.05) is 33.6 Å². The highest BCUT2D eigenvalue weighted by Crippen LogP contribution is 2.06. The second-order valence-electron chi connectivity index (χ2n) is 3.21. The zero-order valence-corrected chi connectivity index (χ0v) is 8.56. The first-order chi connectivity index (χ1) is 5.26. The van der Waals surface area contributed by atoms with Crippen LogP contribution < -0.4 is 0 Å². The van der Waals surface area contributed by atoms with Gasteiger partial charge in [-0.15, -0.1) is 0 Å². The maximum Gasteiger partial charge on any atom is 0.00666 e. The van der Waals surface area contributed by atoms with Gasteiger partial charge in [0.05, 0.1) is 0 Å². The number of unbranched alkanes of at least 4 members (excludes halogenated alkanes) is 1. The van der Waals surface area contributed by atoms with Crippen LogP contribution in [0.3, 0.4) is 0 Å². The van der Waals surface area contributed by atoms with E-state index >= 15 is 0 Å². The Morgan fingerprint density at radius 3 is 2.00 bits per heavy atom. The number of hydrogen-bond acceptors (Lipinski definition) is 1. The van der Waals surface area contributed by atoms with E-state index in [0.717, 1.165) is 6.04 Å². The SMILES string of the molecule is CCCCC(C)N(CC)CC. The summed E-state index contributed by atoms with van der Waals surface area (Å²) in [6.45, 7) is 11.5. The predicted octanol–water partition coefficient (Wildman–Crippen LogP) is 2.91. The van der Waals surface area contributed by atoms with Crippen LogP contribution in [0.4, 0.5) is 0 Å². The van der Waals surface area contributed by atoms with Gasteiger partial charge >= 0.3 is 0 Å². The summed E-state index contributed by atoms with van der Waals surface area (Å²) in [7, 11) is 0. The van der Waals surface area contributed by atoms with Gasteiger partial charge in [-0.3, -0.25) is 0 Å². The molecule has 0 rings (SSSR count). The maximum atomic E-state index is 2.52. The van der Waals surface area contributed by atoms with Crippen molar-refractivity contribution in [2.45, 2.75) is 53.0 Å². The molecule has 0 heterocycles. The summed E-state index contributed by atoms with van der Waals surface area (Å²) in [5.41, 5.74) is 0. The summed E-state index contributed by atoms with van der Waals surface area (Å²) in [4.78, 5) is 2.52. The first kappa shape index (κ1) is 11.0. The molecule has 0 aliphatic rings. The Hall–Kier alpha value is -0.0400. The monoisotopic (exact) mass is 157 g/mol. The second kappa shape index (κ2) is 6.66. The standard InChI is InChI=1S/C10H23N/c1-5-8-9-10(4)11(6-2)7-3/h10H,5-9H2,1-4H3. The van der Waals surface area contributed by atoms with E-state index in [2.05, 4.69) is 32.6 Å². The van der Waals surface area contributed by atoms with E-state index in [1.165, 1.54) is 32.4 Å². The molecule has 0 amide bonds. The highest BCUT2D eigenvalue weighted by molar-refractivity contribution is 4.63. The summed E-state index contributed by atoms with van der Waals surface area (Å²) < 4.78 is 0. The van der Waals surface area contributed by atoms with Crippen LogP contribution in [0.5, 0.6) is 0 Å². The molecule has 1 nitrogen and oxygen atoms in total. The summed E-state index contributed by atoms with van der Waals surface area (Å²) in [5, 5.41) is 0. The highest BCUT2D eigenvalue weighted by Gasteiger charge is 2.07. The Bertz CT molecular complexity index is 76.9. The molecular formula is C10H23N. The molecule has 0 aliphatic carbocycles. The van der Waals surface area contributed by atoms with E-state index in [4.69, 9.17) is 0 Å². The lowest BCUT2D eigenvalue weighted by Gasteiger charge is -2.26.